The zero-order chi connectivity index (χ0) is 6.97. The van der Waals surface area contributed by atoms with Gasteiger partial charge in [0.2, 0.25) is 0 Å². The number of hydrogen-bond acceptors (Lipinski definition) is 1. The van der Waals surface area contributed by atoms with E-state index in [9.17, 15) is 0 Å². The first-order valence-corrected chi connectivity index (χ1v) is 4.63. The molecule has 58 valence electrons. The van der Waals surface area contributed by atoms with Gasteiger partial charge in [-0.2, -0.15) is 0 Å². The van der Waals surface area contributed by atoms with Crippen molar-refractivity contribution in [1.29, 1.82) is 0 Å². The fraction of sp³-hybridized carbons (Fsp3) is 1.00. The van der Waals surface area contributed by atoms with Gasteiger partial charge in [0.05, 0.1) is 0 Å². The summed E-state index contributed by atoms with van der Waals surface area (Å²) in [7, 11) is 0. The van der Waals surface area contributed by atoms with E-state index < -0.39 is 0 Å². The van der Waals surface area contributed by atoms with Gasteiger partial charge in [-0.3, -0.25) is 4.90 Å². The molecule has 2 aliphatic rings. The lowest BCUT2D eigenvalue weighted by atomic mass is 9.98. The van der Waals surface area contributed by atoms with Crippen molar-refractivity contribution < 1.29 is 0 Å². The summed E-state index contributed by atoms with van der Waals surface area (Å²) in [5.41, 5.74) is 0. The van der Waals surface area contributed by atoms with Crippen molar-refractivity contribution >= 4 is 0 Å². The summed E-state index contributed by atoms with van der Waals surface area (Å²) >= 11 is 0. The summed E-state index contributed by atoms with van der Waals surface area (Å²) in [6.07, 6.45) is 7.32. The Morgan fingerprint density at radius 3 is 2.70 bits per heavy atom. The van der Waals surface area contributed by atoms with Gasteiger partial charge in [0.15, 0.2) is 0 Å². The Morgan fingerprint density at radius 2 is 1.90 bits per heavy atom. The number of nitrogens with zero attached hydrogens (tertiary/aromatic N) is 1. The SMILES string of the molecule is C[C@@H]1CCC[C@@H]2CCCN21. The molecule has 0 N–H and O–H groups in total. The molecule has 2 aliphatic heterocycles. The molecule has 0 bridgehead atoms. The first-order chi connectivity index (χ1) is 4.88. The molecule has 2 heterocycles. The van der Waals surface area contributed by atoms with Gasteiger partial charge < -0.3 is 0 Å². The highest BCUT2D eigenvalue weighted by molar-refractivity contribution is 4.86. The number of fused-ring (bicyclic) bond motifs is 1. The molecule has 0 aromatic rings. The highest BCUT2D eigenvalue weighted by Gasteiger charge is 2.30. The normalized spacial score (nSPS) is 41.7. The van der Waals surface area contributed by atoms with Crippen molar-refractivity contribution in [2.75, 3.05) is 6.54 Å². The Morgan fingerprint density at radius 1 is 1.10 bits per heavy atom. The minimum absolute atomic E-state index is 0.890. The van der Waals surface area contributed by atoms with Crippen LogP contribution < -0.4 is 0 Å². The zero-order valence-corrected chi connectivity index (χ0v) is 6.84. The molecular weight excluding hydrogens is 122 g/mol. The van der Waals surface area contributed by atoms with Crippen LogP contribution in [0.3, 0.4) is 0 Å². The van der Waals surface area contributed by atoms with Crippen molar-refractivity contribution in [1.82, 2.24) is 4.90 Å². The standard InChI is InChI=1S/C9H17N/c1-8-4-2-5-9-6-3-7-10(8)9/h8-9H,2-7H2,1H3/t8-,9-/m1/s1. The van der Waals surface area contributed by atoms with E-state index in [1.807, 2.05) is 0 Å². The second-order valence-corrected chi connectivity index (χ2v) is 3.81. The maximum Gasteiger partial charge on any atom is 0.00985 e. The van der Waals surface area contributed by atoms with Gasteiger partial charge in [0.1, 0.15) is 0 Å². The third-order valence-electron chi connectivity index (χ3n) is 3.15. The van der Waals surface area contributed by atoms with Crippen LogP contribution in [0.25, 0.3) is 0 Å². The summed E-state index contributed by atoms with van der Waals surface area (Å²) in [5.74, 6) is 0. The second kappa shape index (κ2) is 2.54. The number of piperidine rings is 1. The van der Waals surface area contributed by atoms with E-state index in [1.165, 1.54) is 38.6 Å². The summed E-state index contributed by atoms with van der Waals surface area (Å²) in [5, 5.41) is 0. The molecule has 2 rings (SSSR count). The molecule has 0 radical (unpaired) electrons. The smallest absolute Gasteiger partial charge is 0.00985 e. The summed E-state index contributed by atoms with van der Waals surface area (Å²) in [6.45, 7) is 3.77. The Balaban J connectivity index is 2.03. The molecule has 0 spiro atoms. The minimum atomic E-state index is 0.890. The summed E-state index contributed by atoms with van der Waals surface area (Å²) < 4.78 is 0. The van der Waals surface area contributed by atoms with Crippen molar-refractivity contribution in [2.45, 2.75) is 51.1 Å². The molecule has 0 aromatic carbocycles. The molecule has 0 saturated carbocycles. The van der Waals surface area contributed by atoms with Crippen molar-refractivity contribution in [3.8, 4) is 0 Å². The minimum Gasteiger partial charge on any atom is -0.298 e. The lowest BCUT2D eigenvalue weighted by Gasteiger charge is -2.35. The molecule has 0 unspecified atom stereocenters. The van der Waals surface area contributed by atoms with Crippen molar-refractivity contribution in [3.05, 3.63) is 0 Å². The van der Waals surface area contributed by atoms with E-state index in [4.69, 9.17) is 0 Å². The Kier molecular flexibility index (Phi) is 1.69. The highest BCUT2D eigenvalue weighted by Crippen LogP contribution is 2.30. The average Bonchev–Trinajstić information content (AvgIpc) is 2.36. The van der Waals surface area contributed by atoms with Crippen molar-refractivity contribution in [3.63, 3.8) is 0 Å². The quantitative estimate of drug-likeness (QED) is 0.496. The van der Waals surface area contributed by atoms with Gasteiger partial charge in [-0.15, -0.1) is 0 Å². The lowest BCUT2D eigenvalue weighted by Crippen LogP contribution is -2.40. The largest absolute Gasteiger partial charge is 0.298 e. The van der Waals surface area contributed by atoms with Gasteiger partial charge >= 0.3 is 0 Å². The van der Waals surface area contributed by atoms with E-state index in [0.29, 0.717) is 0 Å². The van der Waals surface area contributed by atoms with E-state index >= 15 is 0 Å². The molecule has 10 heavy (non-hydrogen) atoms. The van der Waals surface area contributed by atoms with Crippen LogP contribution in [0.15, 0.2) is 0 Å². The fourth-order valence-corrected chi connectivity index (χ4v) is 2.56. The predicted molar refractivity (Wildman–Crippen MR) is 43.0 cm³/mol. The van der Waals surface area contributed by atoms with Gasteiger partial charge in [-0.25, -0.2) is 0 Å². The number of hydrogen-bond donors (Lipinski definition) is 0. The van der Waals surface area contributed by atoms with Gasteiger partial charge in [0.25, 0.3) is 0 Å². The van der Waals surface area contributed by atoms with Crippen LogP contribution in [0, 0.1) is 0 Å². The fourth-order valence-electron chi connectivity index (χ4n) is 2.56. The molecular formula is C9H17N. The van der Waals surface area contributed by atoms with E-state index in [2.05, 4.69) is 11.8 Å². The van der Waals surface area contributed by atoms with Crippen LogP contribution in [-0.4, -0.2) is 23.5 Å². The third kappa shape index (κ3) is 0.968. The first-order valence-electron chi connectivity index (χ1n) is 4.63. The molecule has 2 fully saturated rings. The van der Waals surface area contributed by atoms with Crippen molar-refractivity contribution in [2.24, 2.45) is 0 Å². The van der Waals surface area contributed by atoms with Crippen LogP contribution in [0.4, 0.5) is 0 Å². The maximum absolute atomic E-state index is 2.71. The zero-order valence-electron chi connectivity index (χ0n) is 6.84. The Bertz CT molecular complexity index is 122. The van der Waals surface area contributed by atoms with Gasteiger partial charge in [-0.05, 0) is 39.2 Å². The second-order valence-electron chi connectivity index (χ2n) is 3.81. The summed E-state index contributed by atoms with van der Waals surface area (Å²) in [4.78, 5) is 2.71. The molecule has 0 amide bonds. The monoisotopic (exact) mass is 139 g/mol. The van der Waals surface area contributed by atoms with Crippen LogP contribution in [0.1, 0.15) is 39.0 Å². The number of rotatable bonds is 0. The van der Waals surface area contributed by atoms with Gasteiger partial charge in [-0.1, -0.05) is 6.42 Å². The lowest BCUT2D eigenvalue weighted by molar-refractivity contribution is 0.135. The summed E-state index contributed by atoms with van der Waals surface area (Å²) in [6, 6.07) is 1.87. The Labute approximate surface area is 63.4 Å². The van der Waals surface area contributed by atoms with E-state index in [-0.39, 0.29) is 0 Å². The molecule has 2 atom stereocenters. The van der Waals surface area contributed by atoms with E-state index in [1.54, 1.807) is 0 Å². The molecule has 0 aromatic heterocycles. The predicted octanol–water partition coefficient (Wildman–Crippen LogP) is 2.02. The van der Waals surface area contributed by atoms with E-state index in [0.717, 1.165) is 12.1 Å². The van der Waals surface area contributed by atoms with Crippen LogP contribution in [0.2, 0.25) is 0 Å². The maximum atomic E-state index is 2.71. The molecule has 1 nitrogen and oxygen atoms in total. The first kappa shape index (κ1) is 6.66. The highest BCUT2D eigenvalue weighted by atomic mass is 15.2. The average molecular weight is 139 g/mol. The molecule has 2 saturated heterocycles. The van der Waals surface area contributed by atoms with Crippen LogP contribution >= 0.6 is 0 Å². The van der Waals surface area contributed by atoms with Gasteiger partial charge in [0, 0.05) is 12.1 Å². The topological polar surface area (TPSA) is 3.24 Å². The third-order valence-corrected chi connectivity index (χ3v) is 3.15. The van der Waals surface area contributed by atoms with Crippen LogP contribution in [0.5, 0.6) is 0 Å². The Hall–Kier alpha value is -0.0400. The van der Waals surface area contributed by atoms with Crippen LogP contribution in [-0.2, 0) is 0 Å². The molecule has 0 aliphatic carbocycles. The molecule has 1 heteroatoms.